The second-order valence-electron chi connectivity index (χ2n) is 8.90. The zero-order valence-corrected chi connectivity index (χ0v) is 20.5. The molecule has 6 nitrogen and oxygen atoms in total. The molecule has 1 amide bonds. The third kappa shape index (κ3) is 5.09. The Hall–Kier alpha value is -1.99. The Balaban J connectivity index is 1.64. The Morgan fingerprint density at radius 1 is 1.15 bits per heavy atom. The van der Waals surface area contributed by atoms with Crippen LogP contribution in [0, 0.1) is 5.92 Å². The summed E-state index contributed by atoms with van der Waals surface area (Å²) >= 11 is 12.2. The maximum atomic E-state index is 13.0. The molecule has 4 rings (SSSR count). The largest absolute Gasteiger partial charge is 0.497 e. The highest BCUT2D eigenvalue weighted by atomic mass is 35.5. The number of halogens is 2. The van der Waals surface area contributed by atoms with Crippen molar-refractivity contribution in [1.82, 2.24) is 4.90 Å². The number of likely N-dealkylation sites (tertiary alicyclic amines) is 1. The Labute approximate surface area is 204 Å². The van der Waals surface area contributed by atoms with E-state index in [1.807, 2.05) is 18.2 Å². The first-order valence-electron chi connectivity index (χ1n) is 11.3. The van der Waals surface area contributed by atoms with Crippen molar-refractivity contribution in [1.29, 1.82) is 0 Å². The molecule has 1 saturated carbocycles. The van der Waals surface area contributed by atoms with Gasteiger partial charge in [0.2, 0.25) is 5.91 Å². The van der Waals surface area contributed by atoms with E-state index in [0.29, 0.717) is 40.2 Å². The third-order valence-electron chi connectivity index (χ3n) is 6.98. The van der Waals surface area contributed by atoms with Gasteiger partial charge in [0.15, 0.2) is 0 Å². The summed E-state index contributed by atoms with van der Waals surface area (Å²) in [6.07, 6.45) is 4.41. The molecule has 1 aliphatic heterocycles. The van der Waals surface area contributed by atoms with Gasteiger partial charge in [-0.25, -0.2) is 0 Å². The van der Waals surface area contributed by atoms with E-state index < -0.39 is 5.60 Å². The van der Waals surface area contributed by atoms with E-state index in [4.69, 9.17) is 32.7 Å². The number of nitrogens with one attached hydrogen (secondary N) is 1. The molecular formula is C25H30Cl2N2O4. The predicted octanol–water partition coefficient (Wildman–Crippen LogP) is 5.32. The molecule has 0 bridgehead atoms. The number of ether oxygens (including phenoxy) is 2. The second-order valence-corrected chi connectivity index (χ2v) is 9.75. The zero-order valence-electron chi connectivity index (χ0n) is 18.9. The van der Waals surface area contributed by atoms with E-state index >= 15 is 0 Å². The number of fused-ring (bicyclic) bond motifs is 1. The Morgan fingerprint density at radius 3 is 2.70 bits per heavy atom. The summed E-state index contributed by atoms with van der Waals surface area (Å²) in [7, 11) is 3.25. The molecule has 3 atom stereocenters. The minimum absolute atomic E-state index is 0.00853. The lowest BCUT2D eigenvalue weighted by molar-refractivity contribution is -0.135. The van der Waals surface area contributed by atoms with Crippen LogP contribution in [0.25, 0.3) is 0 Å². The van der Waals surface area contributed by atoms with Crippen LogP contribution in [0.2, 0.25) is 10.0 Å². The molecule has 8 heteroatoms. The van der Waals surface area contributed by atoms with Gasteiger partial charge < -0.3 is 19.9 Å². The number of carbonyl (C=O) groups excluding carboxylic acids is 1. The Kier molecular flexibility index (Phi) is 7.39. The van der Waals surface area contributed by atoms with Crippen LogP contribution in [0.15, 0.2) is 36.4 Å². The summed E-state index contributed by atoms with van der Waals surface area (Å²) in [6, 6.07) is 10.6. The summed E-state index contributed by atoms with van der Waals surface area (Å²) in [5.74, 6) is 1.24. The first kappa shape index (κ1) is 24.1. The van der Waals surface area contributed by atoms with Crippen molar-refractivity contribution in [3.05, 3.63) is 52.0 Å². The molecular weight excluding hydrogens is 463 g/mol. The van der Waals surface area contributed by atoms with Crippen molar-refractivity contribution in [2.45, 2.75) is 43.7 Å². The minimum Gasteiger partial charge on any atom is -0.497 e. The van der Waals surface area contributed by atoms with Gasteiger partial charge in [0.25, 0.3) is 0 Å². The monoisotopic (exact) mass is 492 g/mol. The van der Waals surface area contributed by atoms with E-state index in [9.17, 15) is 9.90 Å². The highest BCUT2D eigenvalue weighted by Gasteiger charge is 2.49. The van der Waals surface area contributed by atoms with Crippen LogP contribution in [0.1, 0.15) is 43.7 Å². The molecule has 0 radical (unpaired) electrons. The molecule has 2 aliphatic rings. The molecule has 2 aromatic carbocycles. The van der Waals surface area contributed by atoms with Gasteiger partial charge in [-0.1, -0.05) is 42.1 Å². The number of anilines is 1. The van der Waals surface area contributed by atoms with Crippen molar-refractivity contribution in [3.8, 4) is 11.5 Å². The molecule has 33 heavy (non-hydrogen) atoms. The molecule has 178 valence electrons. The fourth-order valence-corrected chi connectivity index (χ4v) is 5.82. The molecule has 0 spiro atoms. The number of rotatable bonds is 6. The molecule has 1 saturated heterocycles. The molecule has 1 heterocycles. The predicted molar refractivity (Wildman–Crippen MR) is 130 cm³/mol. The van der Waals surface area contributed by atoms with E-state index in [0.717, 1.165) is 31.2 Å². The first-order valence-corrected chi connectivity index (χ1v) is 12.0. The summed E-state index contributed by atoms with van der Waals surface area (Å²) in [6.45, 7) is 0.778. The summed E-state index contributed by atoms with van der Waals surface area (Å²) in [4.78, 5) is 15.2. The van der Waals surface area contributed by atoms with Crippen LogP contribution in [-0.2, 0) is 4.79 Å². The van der Waals surface area contributed by atoms with Crippen LogP contribution in [0.4, 0.5) is 5.69 Å². The molecule has 0 aromatic heterocycles. The van der Waals surface area contributed by atoms with Crippen LogP contribution in [-0.4, -0.2) is 48.8 Å². The van der Waals surface area contributed by atoms with Crippen LogP contribution >= 0.6 is 23.2 Å². The van der Waals surface area contributed by atoms with Gasteiger partial charge >= 0.3 is 0 Å². The average Bonchev–Trinajstić information content (AvgIpc) is 2.80. The van der Waals surface area contributed by atoms with E-state index in [-0.39, 0.29) is 24.4 Å². The van der Waals surface area contributed by atoms with E-state index in [1.165, 1.54) is 0 Å². The van der Waals surface area contributed by atoms with E-state index in [2.05, 4.69) is 10.2 Å². The number of aliphatic hydroxyl groups is 1. The fourth-order valence-electron chi connectivity index (χ4n) is 5.36. The molecule has 2 aromatic rings. The van der Waals surface area contributed by atoms with Gasteiger partial charge in [-0.3, -0.25) is 9.69 Å². The van der Waals surface area contributed by atoms with Crippen LogP contribution in [0.5, 0.6) is 11.5 Å². The molecule has 2 N–H and O–H groups in total. The van der Waals surface area contributed by atoms with Crippen molar-refractivity contribution in [2.24, 2.45) is 5.92 Å². The standard InChI is InChI=1S/C25H30Cl2N2O4/c1-32-17-7-8-18(22(14-17)33-2)24-19-5-3-4-10-25(19,31)11-12-29(24)15-23(30)28-21-9-6-16(26)13-20(21)27/h6-9,13-14,19,24,31H,3-5,10-12,15H2,1-2H3,(H,28,30)/t19-,24+,25+/m1/s1. The van der Waals surface area contributed by atoms with Crippen molar-refractivity contribution in [3.63, 3.8) is 0 Å². The minimum atomic E-state index is -0.736. The van der Waals surface area contributed by atoms with E-state index in [1.54, 1.807) is 32.4 Å². The van der Waals surface area contributed by atoms with Gasteiger partial charge in [0.1, 0.15) is 11.5 Å². The summed E-state index contributed by atoms with van der Waals surface area (Å²) in [5.41, 5.74) is 0.747. The van der Waals surface area contributed by atoms with Gasteiger partial charge in [-0.05, 0) is 43.5 Å². The lowest BCUT2D eigenvalue weighted by atomic mass is 9.66. The number of nitrogens with zero attached hydrogens (tertiary/aromatic N) is 1. The third-order valence-corrected chi connectivity index (χ3v) is 7.53. The van der Waals surface area contributed by atoms with Gasteiger partial charge in [-0.15, -0.1) is 0 Å². The smallest absolute Gasteiger partial charge is 0.238 e. The first-order chi connectivity index (χ1) is 15.8. The van der Waals surface area contributed by atoms with Crippen molar-refractivity contribution < 1.29 is 19.4 Å². The molecule has 0 unspecified atom stereocenters. The number of piperidine rings is 1. The lowest BCUT2D eigenvalue weighted by Gasteiger charge is -2.52. The SMILES string of the molecule is COc1ccc([C@H]2[C@H]3CCCC[C@]3(O)CCN2CC(=O)Nc2ccc(Cl)cc2Cl)c(OC)c1. The van der Waals surface area contributed by atoms with Gasteiger partial charge in [0.05, 0.1) is 37.1 Å². The zero-order chi connectivity index (χ0) is 23.6. The van der Waals surface area contributed by atoms with Crippen molar-refractivity contribution >= 4 is 34.8 Å². The number of hydrogen-bond donors (Lipinski definition) is 2. The number of amides is 1. The molecule has 2 fully saturated rings. The molecule has 1 aliphatic carbocycles. The van der Waals surface area contributed by atoms with Crippen LogP contribution < -0.4 is 14.8 Å². The highest BCUT2D eigenvalue weighted by molar-refractivity contribution is 6.36. The Bertz CT molecular complexity index is 1020. The quantitative estimate of drug-likeness (QED) is 0.570. The van der Waals surface area contributed by atoms with Gasteiger partial charge in [-0.2, -0.15) is 0 Å². The highest BCUT2D eigenvalue weighted by Crippen LogP contribution is 2.51. The average molecular weight is 493 g/mol. The normalized spacial score (nSPS) is 25.2. The lowest BCUT2D eigenvalue weighted by Crippen LogP contribution is -2.56. The summed E-state index contributed by atoms with van der Waals surface area (Å²) in [5, 5.41) is 15.3. The second kappa shape index (κ2) is 10.1. The maximum Gasteiger partial charge on any atom is 0.238 e. The topological polar surface area (TPSA) is 71.0 Å². The number of carbonyl (C=O) groups is 1. The number of methoxy groups -OCH3 is 2. The number of hydrogen-bond acceptors (Lipinski definition) is 5. The maximum absolute atomic E-state index is 13.0. The fraction of sp³-hybridized carbons (Fsp3) is 0.480. The van der Waals surface area contributed by atoms with Crippen LogP contribution in [0.3, 0.4) is 0 Å². The van der Waals surface area contributed by atoms with Crippen molar-refractivity contribution in [2.75, 3.05) is 32.6 Å². The Morgan fingerprint density at radius 2 is 1.97 bits per heavy atom. The summed E-state index contributed by atoms with van der Waals surface area (Å²) < 4.78 is 11.1. The number of benzene rings is 2. The van der Waals surface area contributed by atoms with Gasteiger partial charge in [0, 0.05) is 35.2 Å².